The number of fused-ring (bicyclic) bond motifs is 1. The summed E-state index contributed by atoms with van der Waals surface area (Å²) in [6.45, 7) is 2.43. The lowest BCUT2D eigenvalue weighted by Crippen LogP contribution is -2.46. The number of benzene rings is 2. The SMILES string of the molecule is CNC(=O)c1ccc(-n2c(NCCCc3nc(=O)[nH][nH]3)nc3c(c2=O)C[C@@H](C)N(C(=O)c2ccc(Cl)c(Cl)c2)C3)cc1. The molecule has 0 spiro atoms. The van der Waals surface area contributed by atoms with Crippen molar-refractivity contribution >= 4 is 41.0 Å². The number of aromatic nitrogens is 5. The maximum atomic E-state index is 14.0. The van der Waals surface area contributed by atoms with Gasteiger partial charge in [-0.3, -0.25) is 19.5 Å². The molecule has 0 saturated heterocycles. The van der Waals surface area contributed by atoms with Gasteiger partial charge < -0.3 is 15.5 Å². The van der Waals surface area contributed by atoms with Gasteiger partial charge in [0.2, 0.25) is 5.95 Å². The fourth-order valence-electron chi connectivity index (χ4n) is 4.87. The minimum Gasteiger partial charge on any atom is -0.355 e. The molecule has 12 nitrogen and oxygen atoms in total. The first-order chi connectivity index (χ1) is 20.2. The van der Waals surface area contributed by atoms with E-state index in [9.17, 15) is 19.2 Å². The van der Waals surface area contributed by atoms with E-state index < -0.39 is 5.69 Å². The van der Waals surface area contributed by atoms with Crippen molar-refractivity contribution in [2.75, 3.05) is 18.9 Å². The normalized spacial score (nSPS) is 14.4. The quantitative estimate of drug-likeness (QED) is 0.223. The standard InChI is InChI=1S/C28H28Cl2N8O4/c1-15-12-19-22(14-37(15)25(40)17-7-10-20(29)21(30)13-17)33-27(32-11-3-4-23-34-28(42)36-35-23)38(26(19)41)18-8-5-16(6-9-18)24(39)31-2/h5-10,13,15H,3-4,11-12,14H2,1-2H3,(H,31,39)(H,32,33)(H2,34,35,36,42)/t15-/m1/s1. The summed E-state index contributed by atoms with van der Waals surface area (Å²) in [7, 11) is 1.55. The highest BCUT2D eigenvalue weighted by atomic mass is 35.5. The van der Waals surface area contributed by atoms with Gasteiger partial charge in [-0.1, -0.05) is 23.2 Å². The molecule has 4 aromatic rings. The highest BCUT2D eigenvalue weighted by Crippen LogP contribution is 2.27. The van der Waals surface area contributed by atoms with Gasteiger partial charge in [-0.2, -0.15) is 4.98 Å². The van der Waals surface area contributed by atoms with Crippen molar-refractivity contribution < 1.29 is 9.59 Å². The zero-order valence-corrected chi connectivity index (χ0v) is 24.3. The summed E-state index contributed by atoms with van der Waals surface area (Å²) in [6.07, 6.45) is 1.38. The molecule has 3 heterocycles. The lowest BCUT2D eigenvalue weighted by molar-refractivity contribution is 0.0653. The van der Waals surface area contributed by atoms with Crippen LogP contribution in [-0.2, 0) is 19.4 Å². The Morgan fingerprint density at radius 3 is 2.43 bits per heavy atom. The molecule has 0 radical (unpaired) electrons. The molecule has 0 bridgehead atoms. The van der Waals surface area contributed by atoms with Crippen LogP contribution in [0, 0.1) is 0 Å². The van der Waals surface area contributed by atoms with Crippen LogP contribution in [0.3, 0.4) is 0 Å². The van der Waals surface area contributed by atoms with E-state index in [0.717, 1.165) is 0 Å². The van der Waals surface area contributed by atoms with Crippen LogP contribution >= 0.6 is 23.2 Å². The third kappa shape index (κ3) is 5.95. The van der Waals surface area contributed by atoms with Crippen LogP contribution in [0.4, 0.5) is 5.95 Å². The van der Waals surface area contributed by atoms with E-state index in [1.807, 2.05) is 6.92 Å². The van der Waals surface area contributed by atoms with Gasteiger partial charge in [0.25, 0.3) is 17.4 Å². The number of hydrogen-bond acceptors (Lipinski definition) is 7. The van der Waals surface area contributed by atoms with E-state index in [0.29, 0.717) is 70.7 Å². The molecule has 1 aliphatic rings. The molecule has 0 unspecified atom stereocenters. The Labute approximate surface area is 250 Å². The number of amides is 2. The zero-order chi connectivity index (χ0) is 30.0. The number of carbonyl (C=O) groups is 2. The average molecular weight is 611 g/mol. The van der Waals surface area contributed by atoms with Crippen LogP contribution in [0.25, 0.3) is 5.69 Å². The third-order valence-electron chi connectivity index (χ3n) is 7.08. The number of anilines is 1. The molecule has 0 aliphatic carbocycles. The lowest BCUT2D eigenvalue weighted by atomic mass is 9.98. The maximum absolute atomic E-state index is 14.0. The molecule has 42 heavy (non-hydrogen) atoms. The fourth-order valence-corrected chi connectivity index (χ4v) is 5.17. The largest absolute Gasteiger partial charge is 0.361 e. The summed E-state index contributed by atoms with van der Waals surface area (Å²) < 4.78 is 1.48. The Hall–Kier alpha value is -4.42. The van der Waals surface area contributed by atoms with E-state index in [-0.39, 0.29) is 35.0 Å². The molecular formula is C28H28Cl2N8O4. The highest BCUT2D eigenvalue weighted by molar-refractivity contribution is 6.42. The van der Waals surface area contributed by atoms with Crippen LogP contribution in [0.1, 0.15) is 51.1 Å². The number of aryl methyl sites for hydroxylation is 1. The Morgan fingerprint density at radius 2 is 1.76 bits per heavy atom. The summed E-state index contributed by atoms with van der Waals surface area (Å²) in [5.74, 6) is 0.323. The summed E-state index contributed by atoms with van der Waals surface area (Å²) in [5.41, 5.74) is 1.66. The first-order valence-electron chi connectivity index (χ1n) is 13.3. The molecule has 218 valence electrons. The molecule has 5 rings (SSSR count). The highest BCUT2D eigenvalue weighted by Gasteiger charge is 2.32. The van der Waals surface area contributed by atoms with Crippen molar-refractivity contribution in [2.45, 2.75) is 38.8 Å². The lowest BCUT2D eigenvalue weighted by Gasteiger charge is -2.34. The van der Waals surface area contributed by atoms with Crippen LogP contribution in [0.5, 0.6) is 0 Å². The number of carbonyl (C=O) groups excluding carboxylic acids is 2. The van der Waals surface area contributed by atoms with E-state index in [4.69, 9.17) is 28.2 Å². The Morgan fingerprint density at radius 1 is 1.02 bits per heavy atom. The predicted octanol–water partition coefficient (Wildman–Crippen LogP) is 2.94. The number of nitrogens with zero attached hydrogens (tertiary/aromatic N) is 4. The van der Waals surface area contributed by atoms with Gasteiger partial charge >= 0.3 is 5.69 Å². The molecule has 0 fully saturated rings. The third-order valence-corrected chi connectivity index (χ3v) is 7.82. The van der Waals surface area contributed by atoms with Gasteiger partial charge in [-0.05, 0) is 62.2 Å². The van der Waals surface area contributed by atoms with Crippen LogP contribution in [0.15, 0.2) is 52.1 Å². The summed E-state index contributed by atoms with van der Waals surface area (Å²) in [5, 5.41) is 11.6. The van der Waals surface area contributed by atoms with Crippen molar-refractivity contribution in [1.82, 2.24) is 34.9 Å². The zero-order valence-electron chi connectivity index (χ0n) is 22.8. The Bertz CT molecular complexity index is 1760. The van der Waals surface area contributed by atoms with Gasteiger partial charge in [0.1, 0.15) is 5.82 Å². The number of rotatable bonds is 8. The molecule has 2 aromatic heterocycles. The maximum Gasteiger partial charge on any atom is 0.361 e. The van der Waals surface area contributed by atoms with Gasteiger partial charge in [-0.25, -0.2) is 19.4 Å². The minimum atomic E-state index is -0.447. The molecular weight excluding hydrogens is 583 g/mol. The number of H-pyrrole nitrogens is 2. The van der Waals surface area contributed by atoms with E-state index >= 15 is 0 Å². The van der Waals surface area contributed by atoms with Gasteiger partial charge in [0.05, 0.1) is 28.0 Å². The van der Waals surface area contributed by atoms with Crippen molar-refractivity contribution in [3.8, 4) is 5.69 Å². The van der Waals surface area contributed by atoms with E-state index in [2.05, 4.69) is 25.8 Å². The molecule has 2 amide bonds. The summed E-state index contributed by atoms with van der Waals surface area (Å²) in [6, 6.07) is 11.1. The first-order valence-corrected chi connectivity index (χ1v) is 14.0. The number of hydrogen-bond donors (Lipinski definition) is 4. The first kappa shape index (κ1) is 29.1. The van der Waals surface area contributed by atoms with Crippen LogP contribution in [0.2, 0.25) is 10.0 Å². The van der Waals surface area contributed by atoms with E-state index in [1.54, 1.807) is 48.3 Å². The van der Waals surface area contributed by atoms with Gasteiger partial charge in [-0.15, -0.1) is 0 Å². The average Bonchev–Trinajstić information content (AvgIpc) is 3.41. The Balaban J connectivity index is 1.48. The topological polar surface area (TPSA) is 158 Å². The van der Waals surface area contributed by atoms with Crippen molar-refractivity contribution in [2.24, 2.45) is 0 Å². The van der Waals surface area contributed by atoms with Gasteiger partial charge in [0, 0.05) is 42.7 Å². The second-order valence-electron chi connectivity index (χ2n) is 9.89. The summed E-state index contributed by atoms with van der Waals surface area (Å²) in [4.78, 5) is 61.1. The number of halogens is 2. The minimum absolute atomic E-state index is 0.129. The molecule has 1 aliphatic heterocycles. The van der Waals surface area contributed by atoms with Gasteiger partial charge in [0.15, 0.2) is 0 Å². The van der Waals surface area contributed by atoms with Crippen molar-refractivity contribution in [3.05, 3.63) is 102 Å². The number of nitrogens with one attached hydrogen (secondary N) is 4. The number of aromatic amines is 2. The molecule has 0 saturated carbocycles. The fraction of sp³-hybridized carbons (Fsp3) is 0.286. The molecule has 14 heteroatoms. The predicted molar refractivity (Wildman–Crippen MR) is 159 cm³/mol. The monoisotopic (exact) mass is 610 g/mol. The smallest absolute Gasteiger partial charge is 0.355 e. The second kappa shape index (κ2) is 12.2. The molecule has 4 N–H and O–H groups in total. The van der Waals surface area contributed by atoms with Crippen molar-refractivity contribution in [3.63, 3.8) is 0 Å². The van der Waals surface area contributed by atoms with E-state index in [1.165, 1.54) is 10.6 Å². The second-order valence-corrected chi connectivity index (χ2v) is 10.7. The van der Waals surface area contributed by atoms with Crippen LogP contribution in [-0.4, -0.2) is 61.1 Å². The summed E-state index contributed by atoms with van der Waals surface area (Å²) >= 11 is 12.2. The molecule has 1 atom stereocenters. The van der Waals surface area contributed by atoms with Crippen LogP contribution < -0.4 is 21.9 Å². The Kier molecular flexibility index (Phi) is 8.46. The molecule has 2 aromatic carbocycles. The van der Waals surface area contributed by atoms with Crippen molar-refractivity contribution in [1.29, 1.82) is 0 Å².